The quantitative estimate of drug-likeness (QED) is 0.711. The lowest BCUT2D eigenvalue weighted by Crippen LogP contribution is -2.70. The third-order valence-electron chi connectivity index (χ3n) is 5.85. The van der Waals surface area contributed by atoms with Crippen molar-refractivity contribution >= 4 is 28.9 Å². The van der Waals surface area contributed by atoms with E-state index in [4.69, 9.17) is 22.1 Å². The van der Waals surface area contributed by atoms with Crippen LogP contribution in [0.3, 0.4) is 0 Å². The number of anilines is 2. The molecule has 2 N–H and O–H groups in total. The third-order valence-corrected chi connectivity index (χ3v) is 6.14. The molecule has 1 amide bonds. The molecular weight excluding hydrogens is 435 g/mol. The van der Waals surface area contributed by atoms with Crippen molar-refractivity contribution in [1.29, 1.82) is 10.5 Å². The molecule has 0 spiro atoms. The Bertz CT molecular complexity index is 1150. The molecule has 3 aliphatic rings. The largest absolute Gasteiger partial charge is 0.379 e. The average Bonchev–Trinajstić information content (AvgIpc) is 2.74. The Morgan fingerprint density at radius 1 is 1.34 bits per heavy atom. The number of fused-ring (bicyclic) bond motifs is 2. The smallest absolute Gasteiger partial charge is 0.257 e. The molecule has 8 nitrogen and oxygen atoms in total. The summed E-state index contributed by atoms with van der Waals surface area (Å²) in [4.78, 5) is 20.5. The third kappa shape index (κ3) is 4.11. The van der Waals surface area contributed by atoms with E-state index < -0.39 is 17.3 Å². The standard InChI is InChI=1S/C22H20ClFN6O2/c1-22(32,21(31)28-14-5-17(23)19(8-26)27-9-14)12-29-10-15-6-16(11-29)30(15)20-3-2-13(7-25)4-18(20)24/h2-5,9,15-16,32H,6,10-12H2,1H3,(H,28,31)/t15?,16?,22-/m0/s1. The van der Waals surface area contributed by atoms with E-state index in [2.05, 4.69) is 10.3 Å². The number of hydrogen-bond donors (Lipinski definition) is 2. The van der Waals surface area contributed by atoms with E-state index in [0.717, 1.165) is 6.42 Å². The van der Waals surface area contributed by atoms with Crippen molar-refractivity contribution in [2.45, 2.75) is 31.0 Å². The number of nitrogens with zero attached hydrogens (tertiary/aromatic N) is 5. The number of rotatable bonds is 5. The van der Waals surface area contributed by atoms with Crippen LogP contribution in [0, 0.1) is 28.5 Å². The first-order chi connectivity index (χ1) is 15.2. The number of hydrogen-bond acceptors (Lipinski definition) is 7. The zero-order valence-electron chi connectivity index (χ0n) is 17.2. The first kappa shape index (κ1) is 22.0. The molecule has 3 fully saturated rings. The van der Waals surface area contributed by atoms with Crippen LogP contribution in [-0.4, -0.2) is 58.2 Å². The van der Waals surface area contributed by atoms with Gasteiger partial charge in [0.1, 0.15) is 11.9 Å². The van der Waals surface area contributed by atoms with Gasteiger partial charge in [-0.3, -0.25) is 9.69 Å². The number of carbonyl (C=O) groups excluding carboxylic acids is 1. The number of nitrogens with one attached hydrogen (secondary N) is 1. The highest BCUT2D eigenvalue weighted by molar-refractivity contribution is 6.31. The Hall–Kier alpha value is -3.24. The first-order valence-corrected chi connectivity index (χ1v) is 10.4. The predicted octanol–water partition coefficient (Wildman–Crippen LogP) is 2.27. The number of nitriles is 2. The number of aliphatic hydroxyl groups is 1. The summed E-state index contributed by atoms with van der Waals surface area (Å²) < 4.78 is 14.4. The van der Waals surface area contributed by atoms with Crippen LogP contribution in [0.4, 0.5) is 15.8 Å². The summed E-state index contributed by atoms with van der Waals surface area (Å²) in [6.07, 6.45) is 2.21. The number of benzene rings is 1. The van der Waals surface area contributed by atoms with Gasteiger partial charge in [0.15, 0.2) is 11.3 Å². The van der Waals surface area contributed by atoms with E-state index in [-0.39, 0.29) is 40.6 Å². The summed E-state index contributed by atoms with van der Waals surface area (Å²) >= 11 is 5.94. The molecule has 1 aromatic heterocycles. The molecule has 4 heterocycles. The fourth-order valence-electron chi connectivity index (χ4n) is 4.37. The summed E-state index contributed by atoms with van der Waals surface area (Å²) in [6.45, 7) is 2.68. The maximum Gasteiger partial charge on any atom is 0.257 e. The lowest BCUT2D eigenvalue weighted by Gasteiger charge is -2.58. The fraction of sp³-hybridized carbons (Fsp3) is 0.364. The Morgan fingerprint density at radius 3 is 2.66 bits per heavy atom. The monoisotopic (exact) mass is 454 g/mol. The predicted molar refractivity (Wildman–Crippen MR) is 115 cm³/mol. The molecule has 3 aliphatic heterocycles. The lowest BCUT2D eigenvalue weighted by molar-refractivity contribution is -0.135. The minimum atomic E-state index is -1.69. The van der Waals surface area contributed by atoms with Crippen molar-refractivity contribution in [3.63, 3.8) is 0 Å². The highest BCUT2D eigenvalue weighted by Crippen LogP contribution is 2.38. The Morgan fingerprint density at radius 2 is 2.06 bits per heavy atom. The van der Waals surface area contributed by atoms with Crippen molar-refractivity contribution in [1.82, 2.24) is 9.88 Å². The highest BCUT2D eigenvalue weighted by Gasteiger charge is 2.47. The van der Waals surface area contributed by atoms with Crippen LogP contribution in [0.2, 0.25) is 5.02 Å². The van der Waals surface area contributed by atoms with Crippen LogP contribution in [0.1, 0.15) is 24.6 Å². The first-order valence-electron chi connectivity index (χ1n) is 10.0. The Kier molecular flexibility index (Phi) is 5.74. The number of halogens is 2. The van der Waals surface area contributed by atoms with Gasteiger partial charge in [0, 0.05) is 31.7 Å². The number of amides is 1. The zero-order valence-corrected chi connectivity index (χ0v) is 18.0. The number of aromatic nitrogens is 1. The van der Waals surface area contributed by atoms with Crippen molar-refractivity contribution in [3.05, 3.63) is 52.6 Å². The SMILES string of the molecule is C[C@](O)(CN1CC2CC(C1)N2c1ccc(C#N)cc1F)C(=O)Nc1cnc(C#N)c(Cl)c1. The summed E-state index contributed by atoms with van der Waals surface area (Å²) in [5, 5.41) is 31.3. The molecule has 3 atom stereocenters. The summed E-state index contributed by atoms with van der Waals surface area (Å²) in [5.74, 6) is -1.04. The molecule has 2 aromatic rings. The molecule has 5 rings (SSSR count). The molecular formula is C22H20ClFN6O2. The molecule has 0 aliphatic carbocycles. The van der Waals surface area contributed by atoms with Gasteiger partial charge >= 0.3 is 0 Å². The summed E-state index contributed by atoms with van der Waals surface area (Å²) in [6, 6.07) is 9.77. The van der Waals surface area contributed by atoms with E-state index in [9.17, 15) is 14.3 Å². The van der Waals surface area contributed by atoms with Gasteiger partial charge < -0.3 is 15.3 Å². The van der Waals surface area contributed by atoms with Gasteiger partial charge in [0.2, 0.25) is 0 Å². The summed E-state index contributed by atoms with van der Waals surface area (Å²) in [5.41, 5.74) is -0.608. The average molecular weight is 455 g/mol. The second kappa shape index (κ2) is 8.36. The van der Waals surface area contributed by atoms with E-state index >= 15 is 0 Å². The van der Waals surface area contributed by atoms with Crippen molar-refractivity contribution in [3.8, 4) is 12.1 Å². The van der Waals surface area contributed by atoms with E-state index in [1.54, 1.807) is 12.1 Å². The molecule has 1 aromatic carbocycles. The van der Waals surface area contributed by atoms with Crippen molar-refractivity contribution in [2.75, 3.05) is 29.9 Å². The Labute approximate surface area is 189 Å². The van der Waals surface area contributed by atoms with E-state index in [0.29, 0.717) is 18.8 Å². The molecule has 2 unspecified atom stereocenters. The second-order valence-electron chi connectivity index (χ2n) is 8.32. The normalized spacial score (nSPS) is 21.6. The van der Waals surface area contributed by atoms with Gasteiger partial charge in [0.25, 0.3) is 5.91 Å². The molecule has 164 valence electrons. The Balaban J connectivity index is 1.38. The molecule has 0 saturated carbocycles. The van der Waals surface area contributed by atoms with Crippen LogP contribution in [-0.2, 0) is 4.79 Å². The maximum absolute atomic E-state index is 14.4. The van der Waals surface area contributed by atoms with Crippen LogP contribution in [0.5, 0.6) is 0 Å². The number of piperidine rings is 1. The van der Waals surface area contributed by atoms with Crippen LogP contribution in [0.15, 0.2) is 30.5 Å². The van der Waals surface area contributed by atoms with Crippen molar-refractivity contribution in [2.24, 2.45) is 0 Å². The van der Waals surface area contributed by atoms with Gasteiger partial charge in [0.05, 0.1) is 34.2 Å². The molecule has 32 heavy (non-hydrogen) atoms. The minimum Gasteiger partial charge on any atom is -0.379 e. The van der Waals surface area contributed by atoms with E-state index in [1.165, 1.54) is 25.3 Å². The van der Waals surface area contributed by atoms with Gasteiger partial charge in [-0.2, -0.15) is 10.5 Å². The van der Waals surface area contributed by atoms with Crippen LogP contribution in [0.25, 0.3) is 0 Å². The van der Waals surface area contributed by atoms with Gasteiger partial charge in [-0.05, 0) is 37.6 Å². The highest BCUT2D eigenvalue weighted by atomic mass is 35.5. The molecule has 3 saturated heterocycles. The van der Waals surface area contributed by atoms with Gasteiger partial charge in [-0.25, -0.2) is 9.37 Å². The van der Waals surface area contributed by atoms with Crippen LogP contribution >= 0.6 is 11.6 Å². The molecule has 10 heteroatoms. The number of pyridine rings is 1. The van der Waals surface area contributed by atoms with Gasteiger partial charge in [-0.15, -0.1) is 0 Å². The number of piperazine rings is 1. The summed E-state index contributed by atoms with van der Waals surface area (Å²) in [7, 11) is 0. The van der Waals surface area contributed by atoms with Crippen LogP contribution < -0.4 is 10.2 Å². The topological polar surface area (TPSA) is 116 Å². The van der Waals surface area contributed by atoms with E-state index in [1.807, 2.05) is 21.9 Å². The fourth-order valence-corrected chi connectivity index (χ4v) is 4.58. The molecule has 2 bridgehead atoms. The van der Waals surface area contributed by atoms with Gasteiger partial charge in [-0.1, -0.05) is 11.6 Å². The lowest BCUT2D eigenvalue weighted by atomic mass is 9.85. The maximum atomic E-state index is 14.4. The zero-order chi connectivity index (χ0) is 23.0. The number of carbonyl (C=O) groups is 1. The molecule has 0 radical (unpaired) electrons. The second-order valence-corrected chi connectivity index (χ2v) is 8.72. The minimum absolute atomic E-state index is 0.0484. The van der Waals surface area contributed by atoms with Crippen molar-refractivity contribution < 1.29 is 14.3 Å².